The summed E-state index contributed by atoms with van der Waals surface area (Å²) in [5.74, 6) is 0. The predicted molar refractivity (Wildman–Crippen MR) is 19.9 cm³/mol. The van der Waals surface area contributed by atoms with E-state index in [0.29, 0.717) is 0 Å². The molecule has 0 nitrogen and oxygen atoms in total. The van der Waals surface area contributed by atoms with Crippen LogP contribution in [0.1, 0.15) is 0 Å². The van der Waals surface area contributed by atoms with Gasteiger partial charge in [-0.15, -0.1) is 0 Å². The van der Waals surface area contributed by atoms with Gasteiger partial charge in [-0.1, -0.05) is 0 Å². The van der Waals surface area contributed by atoms with Gasteiger partial charge in [0, 0.05) is 93.0 Å². The van der Waals surface area contributed by atoms with Crippen molar-refractivity contribution in [3.05, 3.63) is 0 Å². The monoisotopic (exact) mass is 618 g/mol. The summed E-state index contributed by atoms with van der Waals surface area (Å²) in [4.78, 5) is 0. The smallest absolute Gasteiger partial charge is 0 e. The maximum Gasteiger partial charge on any atom is 0 e. The molecule has 36 valence electrons. The Bertz CT molecular complexity index is 15.5. The van der Waals surface area contributed by atoms with Crippen molar-refractivity contribution in [2.75, 3.05) is 0 Å². The zero-order valence-electron chi connectivity index (χ0n) is 1.75. The Balaban J connectivity index is 0. The number of hydrogen-bond donors (Lipinski definition) is 0. The molecule has 0 spiro atoms. The van der Waals surface area contributed by atoms with E-state index in [1.807, 2.05) is 0 Å². The molecule has 0 N–H and O–H groups in total. The maximum atomic E-state index is 0. The first-order valence-electron chi connectivity index (χ1n) is 0. The second-order valence-corrected chi connectivity index (χ2v) is 0. The summed E-state index contributed by atoms with van der Waals surface area (Å²) < 4.78 is 0. The molecule has 0 fully saturated rings. The molecule has 0 rings (SSSR count). The molecule has 0 aromatic heterocycles. The summed E-state index contributed by atoms with van der Waals surface area (Å²) >= 11 is 0. The Morgan fingerprint density at radius 2 is 1.00 bits per heavy atom. The van der Waals surface area contributed by atoms with Gasteiger partial charge in [-0.3, -0.25) is 0 Å². The van der Waals surface area contributed by atoms with E-state index in [1.165, 1.54) is 0 Å². The third kappa shape index (κ3) is 23.5. The molecule has 2 radical (unpaired) electrons. The van der Waals surface area contributed by atoms with Crippen molar-refractivity contribution < 1.29 is 93.0 Å². The molecule has 0 atom stereocenters. The van der Waals surface area contributed by atoms with E-state index in [-0.39, 0.29) is 139 Å². The van der Waals surface area contributed by atoms with E-state index in [2.05, 4.69) is 0 Å². The van der Waals surface area contributed by atoms with Gasteiger partial charge in [0.1, 0.15) is 0 Å². The van der Waals surface area contributed by atoms with E-state index in [4.69, 9.17) is 0 Å². The molecule has 0 aliphatic carbocycles. The summed E-state index contributed by atoms with van der Waals surface area (Å²) in [6.07, 6.45) is 0. The topological polar surface area (TPSA) is 0 Å². The van der Waals surface area contributed by atoms with Crippen LogP contribution in [0.2, 0.25) is 0 Å². The Hall–Kier alpha value is 4.58. The second-order valence-electron chi connectivity index (χ2n) is 0. The van der Waals surface area contributed by atoms with E-state index in [1.54, 1.807) is 0 Å². The van der Waals surface area contributed by atoms with Crippen LogP contribution < -0.4 is 0 Å². The van der Waals surface area contributed by atoms with Crippen molar-refractivity contribution in [2.24, 2.45) is 0 Å². The van der Waals surface area contributed by atoms with Gasteiger partial charge >= 0.3 is 45.6 Å². The van der Waals surface area contributed by atoms with Crippen LogP contribution in [0, 0.1) is 0 Å². The zero-order valence-corrected chi connectivity index (χ0v) is 10.7. The van der Waals surface area contributed by atoms with Crippen LogP contribution in [0.4, 0.5) is 0 Å². The number of rotatable bonds is 0. The molecule has 6 heavy (non-hydrogen) atoms. The van der Waals surface area contributed by atoms with Gasteiger partial charge in [0.05, 0.1) is 0 Å². The van der Waals surface area contributed by atoms with E-state index < -0.39 is 0 Å². The Morgan fingerprint density at radius 1 is 1.00 bits per heavy atom. The summed E-state index contributed by atoms with van der Waals surface area (Å²) in [6.45, 7) is 0. The zero-order chi connectivity index (χ0) is 0. The maximum absolute atomic E-state index is 0. The third-order valence-electron chi connectivity index (χ3n) is 0. The molecular formula is H6AgGaHfInVZr. The first-order chi connectivity index (χ1) is 0. The number of hydrogen-bond acceptors (Lipinski definition) is 0. The van der Waals surface area contributed by atoms with Crippen molar-refractivity contribution >= 4 is 45.6 Å². The van der Waals surface area contributed by atoms with Crippen LogP contribution in [0.3, 0.4) is 0 Å². The van der Waals surface area contributed by atoms with Gasteiger partial charge in [0.2, 0.25) is 0 Å². The van der Waals surface area contributed by atoms with Gasteiger partial charge < -0.3 is 0 Å². The van der Waals surface area contributed by atoms with Crippen molar-refractivity contribution in [2.45, 2.75) is 0 Å². The fraction of sp³-hybridized carbons (Fsp3) is 0. The molecule has 0 aromatic rings. The first-order valence-corrected chi connectivity index (χ1v) is 0. The van der Waals surface area contributed by atoms with Gasteiger partial charge in [-0.05, 0) is 0 Å². The Kier molecular flexibility index (Phi) is 259. The predicted octanol–water partition coefficient (Wildman–Crippen LogP) is -2.38. The van der Waals surface area contributed by atoms with Crippen molar-refractivity contribution in [3.63, 3.8) is 0 Å². The normalized spacial score (nSPS) is 0. The van der Waals surface area contributed by atoms with Gasteiger partial charge in [-0.2, -0.15) is 0 Å². The largest absolute Gasteiger partial charge is 0 e. The SMILES string of the molecule is [Ag].[GaH3].[Hf].[InH3].[V].[Zr]. The van der Waals surface area contributed by atoms with Crippen LogP contribution in [0.15, 0.2) is 0 Å². The van der Waals surface area contributed by atoms with E-state index in [9.17, 15) is 0 Å². The molecule has 0 saturated heterocycles. The molecule has 0 amide bonds. The first kappa shape index (κ1) is 46.3. The van der Waals surface area contributed by atoms with E-state index >= 15 is 0 Å². The summed E-state index contributed by atoms with van der Waals surface area (Å²) in [5.41, 5.74) is 0. The quantitative estimate of drug-likeness (QED) is 0.266. The van der Waals surface area contributed by atoms with Gasteiger partial charge in [-0.25, -0.2) is 0 Å². The van der Waals surface area contributed by atoms with Crippen LogP contribution in [0.25, 0.3) is 0 Å². The van der Waals surface area contributed by atoms with Crippen molar-refractivity contribution in [3.8, 4) is 0 Å². The Labute approximate surface area is 135 Å². The molecule has 0 aliphatic rings. The average Bonchev–Trinajstić information content (AvgIpc) is 0. The van der Waals surface area contributed by atoms with Gasteiger partial charge in [0.25, 0.3) is 0 Å². The molecule has 6 heteroatoms. The minimum atomic E-state index is 0. The molecular weight excluding hydrogens is 613 g/mol. The molecule has 0 saturated carbocycles. The fourth-order valence-corrected chi connectivity index (χ4v) is 0. The van der Waals surface area contributed by atoms with Crippen molar-refractivity contribution in [1.82, 2.24) is 0 Å². The molecule has 0 aromatic carbocycles. The fourth-order valence-electron chi connectivity index (χ4n) is 0. The van der Waals surface area contributed by atoms with Crippen LogP contribution in [0.5, 0.6) is 0 Å². The van der Waals surface area contributed by atoms with Crippen LogP contribution >= 0.6 is 0 Å². The minimum Gasteiger partial charge on any atom is 0 e. The average molecular weight is 619 g/mol. The third-order valence-corrected chi connectivity index (χ3v) is 0. The summed E-state index contributed by atoms with van der Waals surface area (Å²) in [6, 6.07) is 0. The van der Waals surface area contributed by atoms with Crippen LogP contribution in [-0.2, 0) is 93.0 Å². The van der Waals surface area contributed by atoms with Crippen LogP contribution in [-0.4, -0.2) is 45.6 Å². The molecule has 0 unspecified atom stereocenters. The van der Waals surface area contributed by atoms with E-state index in [0.717, 1.165) is 0 Å². The summed E-state index contributed by atoms with van der Waals surface area (Å²) in [5, 5.41) is 0. The molecule has 0 bridgehead atoms. The molecule has 0 heterocycles. The Morgan fingerprint density at radius 3 is 1.00 bits per heavy atom. The molecule has 0 aliphatic heterocycles. The summed E-state index contributed by atoms with van der Waals surface area (Å²) in [7, 11) is 0. The van der Waals surface area contributed by atoms with Crippen molar-refractivity contribution in [1.29, 1.82) is 0 Å². The second kappa shape index (κ2) is 33.6. The minimum absolute atomic E-state index is 0. The van der Waals surface area contributed by atoms with Gasteiger partial charge in [0.15, 0.2) is 0 Å². The standard InChI is InChI=1S/Ag.Ga.Hf.In.V.Zr.6H.